The Labute approximate surface area is 102 Å². The maximum atomic E-state index is 6.03. The molecule has 1 N–H and O–H groups in total. The van der Waals surface area contributed by atoms with Gasteiger partial charge in [-0.1, -0.05) is 17.7 Å². The second-order valence-corrected chi connectivity index (χ2v) is 5.03. The predicted molar refractivity (Wildman–Crippen MR) is 66.8 cm³/mol. The minimum atomic E-state index is 0.0818. The Morgan fingerprint density at radius 1 is 1.50 bits per heavy atom. The molecule has 1 saturated heterocycles. The Morgan fingerprint density at radius 2 is 2.31 bits per heavy atom. The summed E-state index contributed by atoms with van der Waals surface area (Å²) in [7, 11) is 1.72. The molecule has 16 heavy (non-hydrogen) atoms. The Balaban J connectivity index is 2.38. The fourth-order valence-electron chi connectivity index (χ4n) is 2.50. The summed E-state index contributed by atoms with van der Waals surface area (Å²) in [4.78, 5) is 0. The number of benzene rings is 1. The molecular formula is C13H18ClNO. The van der Waals surface area contributed by atoms with Crippen molar-refractivity contribution < 1.29 is 4.74 Å². The monoisotopic (exact) mass is 239 g/mol. The molecule has 0 spiro atoms. The zero-order valence-electron chi connectivity index (χ0n) is 9.85. The summed E-state index contributed by atoms with van der Waals surface area (Å²) < 4.78 is 5.24. The van der Waals surface area contributed by atoms with Crippen LogP contribution in [0.5, 0.6) is 0 Å². The minimum Gasteiger partial charge on any atom is -0.380 e. The molecule has 1 atom stereocenters. The highest BCUT2D eigenvalue weighted by Gasteiger charge is 2.31. The Kier molecular flexibility index (Phi) is 3.53. The van der Waals surface area contributed by atoms with Gasteiger partial charge in [0.05, 0.1) is 6.61 Å². The Bertz CT molecular complexity index is 372. The zero-order valence-corrected chi connectivity index (χ0v) is 10.6. The number of halogens is 1. The van der Waals surface area contributed by atoms with Gasteiger partial charge in [-0.05, 0) is 49.6 Å². The van der Waals surface area contributed by atoms with E-state index in [1.807, 2.05) is 12.1 Å². The van der Waals surface area contributed by atoms with Crippen molar-refractivity contribution in [3.05, 3.63) is 34.3 Å². The van der Waals surface area contributed by atoms with E-state index in [2.05, 4.69) is 18.3 Å². The van der Waals surface area contributed by atoms with Gasteiger partial charge in [0, 0.05) is 17.7 Å². The number of ether oxygens (including phenoxy) is 1. The molecule has 0 radical (unpaired) electrons. The molecule has 1 aromatic carbocycles. The van der Waals surface area contributed by atoms with Crippen LogP contribution in [0, 0.1) is 0 Å². The van der Waals surface area contributed by atoms with E-state index in [4.69, 9.17) is 16.3 Å². The average Bonchev–Trinajstić information content (AvgIpc) is 2.66. The topological polar surface area (TPSA) is 21.3 Å². The van der Waals surface area contributed by atoms with Crippen LogP contribution in [0.15, 0.2) is 18.2 Å². The first-order chi connectivity index (χ1) is 7.65. The first-order valence-corrected chi connectivity index (χ1v) is 6.06. The molecule has 0 aliphatic carbocycles. The third-order valence-corrected chi connectivity index (χ3v) is 3.57. The summed E-state index contributed by atoms with van der Waals surface area (Å²) in [5.41, 5.74) is 2.58. The molecule has 0 aromatic heterocycles. The molecular weight excluding hydrogens is 222 g/mol. The van der Waals surface area contributed by atoms with E-state index in [1.54, 1.807) is 7.11 Å². The zero-order chi connectivity index (χ0) is 11.6. The maximum absolute atomic E-state index is 6.03. The van der Waals surface area contributed by atoms with E-state index in [0.717, 1.165) is 11.6 Å². The first kappa shape index (κ1) is 11.9. The average molecular weight is 240 g/mol. The molecule has 0 bridgehead atoms. The quantitative estimate of drug-likeness (QED) is 0.875. The van der Waals surface area contributed by atoms with E-state index in [-0.39, 0.29) is 5.54 Å². The molecule has 0 amide bonds. The number of methoxy groups -OCH3 is 1. The molecule has 1 heterocycles. The van der Waals surface area contributed by atoms with Gasteiger partial charge in [0.1, 0.15) is 0 Å². The van der Waals surface area contributed by atoms with Crippen LogP contribution in [0.3, 0.4) is 0 Å². The first-order valence-electron chi connectivity index (χ1n) is 5.68. The van der Waals surface area contributed by atoms with Crippen LogP contribution >= 0.6 is 11.6 Å². The lowest BCUT2D eigenvalue weighted by molar-refractivity contribution is 0.182. The van der Waals surface area contributed by atoms with Gasteiger partial charge in [-0.25, -0.2) is 0 Å². The fraction of sp³-hybridized carbons (Fsp3) is 0.538. The van der Waals surface area contributed by atoms with Gasteiger partial charge < -0.3 is 10.1 Å². The van der Waals surface area contributed by atoms with Crippen molar-refractivity contribution in [2.24, 2.45) is 0 Å². The van der Waals surface area contributed by atoms with E-state index in [1.165, 1.54) is 24.0 Å². The van der Waals surface area contributed by atoms with Gasteiger partial charge in [-0.3, -0.25) is 0 Å². The summed E-state index contributed by atoms with van der Waals surface area (Å²) in [5, 5.41) is 4.34. The highest BCUT2D eigenvalue weighted by molar-refractivity contribution is 6.30. The van der Waals surface area contributed by atoms with Gasteiger partial charge in [-0.2, -0.15) is 0 Å². The van der Waals surface area contributed by atoms with Crippen LogP contribution < -0.4 is 5.32 Å². The minimum absolute atomic E-state index is 0.0818. The van der Waals surface area contributed by atoms with Gasteiger partial charge in [0.15, 0.2) is 0 Å². The summed E-state index contributed by atoms with van der Waals surface area (Å²) >= 11 is 6.03. The van der Waals surface area contributed by atoms with Gasteiger partial charge in [0.25, 0.3) is 0 Å². The molecule has 2 rings (SSSR count). The lowest BCUT2D eigenvalue weighted by Crippen LogP contribution is -2.34. The van der Waals surface area contributed by atoms with Crippen LogP contribution in [0.4, 0.5) is 0 Å². The highest BCUT2D eigenvalue weighted by Crippen LogP contribution is 2.33. The molecule has 1 aliphatic heterocycles. The highest BCUT2D eigenvalue weighted by atomic mass is 35.5. The van der Waals surface area contributed by atoms with Crippen molar-refractivity contribution in [3.63, 3.8) is 0 Å². The molecule has 1 fully saturated rings. The normalized spacial score (nSPS) is 24.9. The lowest BCUT2D eigenvalue weighted by Gasteiger charge is -2.27. The number of hydrogen-bond acceptors (Lipinski definition) is 2. The van der Waals surface area contributed by atoms with Crippen LogP contribution in [0.2, 0.25) is 5.02 Å². The number of hydrogen-bond donors (Lipinski definition) is 1. The number of nitrogens with one attached hydrogen (secondary N) is 1. The van der Waals surface area contributed by atoms with Gasteiger partial charge in [0.2, 0.25) is 0 Å². The second-order valence-electron chi connectivity index (χ2n) is 4.60. The van der Waals surface area contributed by atoms with Crippen LogP contribution in [0.25, 0.3) is 0 Å². The van der Waals surface area contributed by atoms with Crippen molar-refractivity contribution in [1.29, 1.82) is 0 Å². The second kappa shape index (κ2) is 4.74. The summed E-state index contributed by atoms with van der Waals surface area (Å²) in [6, 6.07) is 6.09. The largest absolute Gasteiger partial charge is 0.380 e. The number of rotatable bonds is 3. The summed E-state index contributed by atoms with van der Waals surface area (Å²) in [5.74, 6) is 0. The van der Waals surface area contributed by atoms with E-state index < -0.39 is 0 Å². The third kappa shape index (κ3) is 2.24. The van der Waals surface area contributed by atoms with Crippen LogP contribution in [-0.2, 0) is 16.9 Å². The van der Waals surface area contributed by atoms with Crippen molar-refractivity contribution >= 4 is 11.6 Å². The SMILES string of the molecule is COCc1cc(Cl)ccc1C1(C)CCCN1. The maximum Gasteiger partial charge on any atom is 0.0716 e. The van der Waals surface area contributed by atoms with Gasteiger partial charge in [-0.15, -0.1) is 0 Å². The molecule has 3 heteroatoms. The van der Waals surface area contributed by atoms with Gasteiger partial charge >= 0.3 is 0 Å². The van der Waals surface area contributed by atoms with Crippen molar-refractivity contribution in [2.75, 3.05) is 13.7 Å². The van der Waals surface area contributed by atoms with Crippen molar-refractivity contribution in [2.45, 2.75) is 31.9 Å². The molecule has 2 nitrogen and oxygen atoms in total. The molecule has 88 valence electrons. The summed E-state index contributed by atoms with van der Waals surface area (Å²) in [6.45, 7) is 3.96. The van der Waals surface area contributed by atoms with E-state index >= 15 is 0 Å². The fourth-order valence-corrected chi connectivity index (χ4v) is 2.69. The van der Waals surface area contributed by atoms with E-state index in [0.29, 0.717) is 6.61 Å². The molecule has 1 aromatic rings. The Morgan fingerprint density at radius 3 is 2.94 bits per heavy atom. The predicted octanol–water partition coefficient (Wildman–Crippen LogP) is 3.09. The lowest BCUT2D eigenvalue weighted by atomic mass is 9.87. The van der Waals surface area contributed by atoms with Crippen molar-refractivity contribution in [1.82, 2.24) is 5.32 Å². The van der Waals surface area contributed by atoms with Crippen molar-refractivity contribution in [3.8, 4) is 0 Å². The van der Waals surface area contributed by atoms with Crippen LogP contribution in [-0.4, -0.2) is 13.7 Å². The molecule has 1 unspecified atom stereocenters. The third-order valence-electron chi connectivity index (χ3n) is 3.33. The van der Waals surface area contributed by atoms with Crippen LogP contribution in [0.1, 0.15) is 30.9 Å². The smallest absolute Gasteiger partial charge is 0.0716 e. The molecule has 1 aliphatic rings. The van der Waals surface area contributed by atoms with E-state index in [9.17, 15) is 0 Å². The standard InChI is InChI=1S/C13H18ClNO/c1-13(6-3-7-15-13)12-5-4-11(14)8-10(12)9-16-2/h4-5,8,15H,3,6-7,9H2,1-2H3. The summed E-state index contributed by atoms with van der Waals surface area (Å²) in [6.07, 6.45) is 2.40. The molecule has 0 saturated carbocycles. The Hall–Kier alpha value is -0.570.